The van der Waals surface area contributed by atoms with Gasteiger partial charge in [-0.2, -0.15) is 0 Å². The minimum Gasteiger partial charge on any atom is -0.452 e. The number of rotatable bonds is 7. The lowest BCUT2D eigenvalue weighted by Gasteiger charge is -2.16. The minimum absolute atomic E-state index is 0.268. The topological polar surface area (TPSA) is 55.4 Å². The maximum atomic E-state index is 11.9. The number of benzene rings is 1. The molecule has 6 heteroatoms. The first-order chi connectivity index (χ1) is 9.93. The van der Waals surface area contributed by atoms with Crippen molar-refractivity contribution < 1.29 is 14.3 Å². The predicted octanol–water partition coefficient (Wildman–Crippen LogP) is 3.14. The van der Waals surface area contributed by atoms with E-state index in [4.69, 9.17) is 4.74 Å². The average molecular weight is 374 g/mol. The highest BCUT2D eigenvalue weighted by Crippen LogP contribution is 2.20. The molecule has 0 aromatic heterocycles. The third kappa shape index (κ3) is 6.52. The van der Waals surface area contributed by atoms with E-state index < -0.39 is 6.10 Å². The fourth-order valence-corrected chi connectivity index (χ4v) is 2.60. The van der Waals surface area contributed by atoms with Gasteiger partial charge in [0.25, 0.3) is 5.91 Å². The van der Waals surface area contributed by atoms with Crippen molar-refractivity contribution in [3.05, 3.63) is 34.3 Å². The number of esters is 1. The van der Waals surface area contributed by atoms with E-state index in [1.807, 2.05) is 31.2 Å². The van der Waals surface area contributed by atoms with Crippen LogP contribution in [-0.4, -0.2) is 29.8 Å². The van der Waals surface area contributed by atoms with Gasteiger partial charge in [0.05, 0.1) is 5.25 Å². The lowest BCUT2D eigenvalue weighted by molar-refractivity contribution is -0.153. The molecule has 0 heterocycles. The highest BCUT2D eigenvalue weighted by atomic mass is 79.9. The van der Waals surface area contributed by atoms with Crippen molar-refractivity contribution in [3.63, 3.8) is 0 Å². The molecule has 0 saturated carbocycles. The summed E-state index contributed by atoms with van der Waals surface area (Å²) < 4.78 is 6.18. The molecule has 4 nitrogen and oxygen atoms in total. The summed E-state index contributed by atoms with van der Waals surface area (Å²) in [4.78, 5) is 23.4. The molecule has 0 aliphatic heterocycles. The lowest BCUT2D eigenvalue weighted by Crippen LogP contribution is -2.37. The predicted molar refractivity (Wildman–Crippen MR) is 89.1 cm³/mol. The van der Waals surface area contributed by atoms with E-state index in [1.54, 1.807) is 13.8 Å². The van der Waals surface area contributed by atoms with E-state index in [1.165, 1.54) is 11.8 Å². The van der Waals surface area contributed by atoms with Crippen LogP contribution in [0.3, 0.4) is 0 Å². The zero-order valence-corrected chi connectivity index (χ0v) is 14.8. The Labute approximate surface area is 138 Å². The standard InChI is InChI=1S/C15H20BrNO3S/c1-4-17-14(18)10(2)20-15(19)11(3)21-9-12-5-7-13(16)8-6-12/h5-8,10-11H,4,9H2,1-3H3,(H,17,18)/t10-,11+/m1/s1. The highest BCUT2D eigenvalue weighted by Gasteiger charge is 2.21. The van der Waals surface area contributed by atoms with Crippen LogP contribution in [0.25, 0.3) is 0 Å². The molecule has 1 rings (SSSR count). The quantitative estimate of drug-likeness (QED) is 0.745. The summed E-state index contributed by atoms with van der Waals surface area (Å²) in [5.74, 6) is 0.0887. The van der Waals surface area contributed by atoms with Crippen molar-refractivity contribution in [1.82, 2.24) is 5.32 Å². The number of hydrogen-bond donors (Lipinski definition) is 1. The van der Waals surface area contributed by atoms with Gasteiger partial charge in [-0.25, -0.2) is 0 Å². The van der Waals surface area contributed by atoms with Crippen molar-refractivity contribution >= 4 is 39.6 Å². The molecule has 0 bridgehead atoms. The molecule has 0 fully saturated rings. The number of halogens is 1. The SMILES string of the molecule is CCNC(=O)[C@@H](C)OC(=O)[C@H](C)SCc1ccc(Br)cc1. The Kier molecular flexibility index (Phi) is 7.82. The second-order valence-corrected chi connectivity index (χ2v) is 6.80. The van der Waals surface area contributed by atoms with Crippen LogP contribution < -0.4 is 5.32 Å². The lowest BCUT2D eigenvalue weighted by atomic mass is 10.2. The van der Waals surface area contributed by atoms with Crippen LogP contribution >= 0.6 is 27.7 Å². The van der Waals surface area contributed by atoms with Crippen LogP contribution in [0.15, 0.2) is 28.7 Å². The van der Waals surface area contributed by atoms with Gasteiger partial charge >= 0.3 is 5.97 Å². The van der Waals surface area contributed by atoms with E-state index >= 15 is 0 Å². The number of ether oxygens (including phenoxy) is 1. The molecule has 1 aromatic rings. The van der Waals surface area contributed by atoms with Crippen molar-refractivity contribution in [2.75, 3.05) is 6.54 Å². The molecule has 1 N–H and O–H groups in total. The average Bonchev–Trinajstić information content (AvgIpc) is 2.46. The van der Waals surface area contributed by atoms with Gasteiger partial charge in [0.15, 0.2) is 6.10 Å². The van der Waals surface area contributed by atoms with Gasteiger partial charge in [-0.3, -0.25) is 9.59 Å². The smallest absolute Gasteiger partial charge is 0.319 e. The minimum atomic E-state index is -0.756. The first-order valence-electron chi connectivity index (χ1n) is 6.78. The van der Waals surface area contributed by atoms with Gasteiger partial charge in [-0.05, 0) is 38.5 Å². The van der Waals surface area contributed by atoms with Crippen LogP contribution in [0.4, 0.5) is 0 Å². The molecule has 21 heavy (non-hydrogen) atoms. The third-order valence-corrected chi connectivity index (χ3v) is 4.48. The fraction of sp³-hybridized carbons (Fsp3) is 0.467. The number of amides is 1. The van der Waals surface area contributed by atoms with Crippen LogP contribution in [-0.2, 0) is 20.1 Å². The second kappa shape index (κ2) is 9.10. The van der Waals surface area contributed by atoms with Gasteiger partial charge in [0.1, 0.15) is 0 Å². The molecule has 2 atom stereocenters. The van der Waals surface area contributed by atoms with Crippen LogP contribution in [0.2, 0.25) is 0 Å². The summed E-state index contributed by atoms with van der Waals surface area (Å²) in [6, 6.07) is 7.95. The maximum absolute atomic E-state index is 11.9. The number of likely N-dealkylation sites (N-methyl/N-ethyl adjacent to an activating group) is 1. The molecule has 0 unspecified atom stereocenters. The molecule has 0 aliphatic carbocycles. The zero-order valence-electron chi connectivity index (χ0n) is 12.4. The Morgan fingerprint density at radius 1 is 1.29 bits per heavy atom. The number of carbonyl (C=O) groups excluding carboxylic acids is 2. The molecule has 116 valence electrons. The summed E-state index contributed by atoms with van der Waals surface area (Å²) in [7, 11) is 0. The molecular weight excluding hydrogens is 354 g/mol. The largest absolute Gasteiger partial charge is 0.452 e. The van der Waals surface area contributed by atoms with E-state index in [2.05, 4.69) is 21.2 Å². The van der Waals surface area contributed by atoms with Crippen LogP contribution in [0.5, 0.6) is 0 Å². The molecule has 0 spiro atoms. The Morgan fingerprint density at radius 3 is 2.48 bits per heavy atom. The van der Waals surface area contributed by atoms with E-state index in [0.29, 0.717) is 6.54 Å². The second-order valence-electron chi connectivity index (χ2n) is 4.55. The van der Waals surface area contributed by atoms with Crippen molar-refractivity contribution in [2.45, 2.75) is 37.9 Å². The normalized spacial score (nSPS) is 13.3. The summed E-state index contributed by atoms with van der Waals surface area (Å²) >= 11 is 4.87. The maximum Gasteiger partial charge on any atom is 0.319 e. The first-order valence-corrected chi connectivity index (χ1v) is 8.62. The molecule has 0 saturated heterocycles. The summed E-state index contributed by atoms with van der Waals surface area (Å²) in [5.41, 5.74) is 1.14. The Bertz CT molecular complexity index is 478. The monoisotopic (exact) mass is 373 g/mol. The van der Waals surface area contributed by atoms with Gasteiger partial charge in [0.2, 0.25) is 0 Å². The number of thioether (sulfide) groups is 1. The zero-order chi connectivity index (χ0) is 15.8. The first kappa shape index (κ1) is 18.0. The summed E-state index contributed by atoms with van der Waals surface area (Å²) in [5, 5.41) is 2.31. The molecular formula is C15H20BrNO3S. The fourth-order valence-electron chi connectivity index (χ4n) is 1.51. The molecule has 0 aliphatic rings. The number of hydrogen-bond acceptors (Lipinski definition) is 4. The van der Waals surface area contributed by atoms with Crippen LogP contribution in [0, 0.1) is 0 Å². The van der Waals surface area contributed by atoms with Crippen LogP contribution in [0.1, 0.15) is 26.3 Å². The highest BCUT2D eigenvalue weighted by molar-refractivity contribution is 9.10. The molecule has 1 amide bonds. The summed E-state index contributed by atoms with van der Waals surface area (Å²) in [6.45, 7) is 5.71. The number of nitrogens with one attached hydrogen (secondary N) is 1. The van der Waals surface area contributed by atoms with Gasteiger partial charge in [-0.1, -0.05) is 28.1 Å². The Balaban J connectivity index is 2.40. The van der Waals surface area contributed by atoms with Crippen molar-refractivity contribution in [1.29, 1.82) is 0 Å². The van der Waals surface area contributed by atoms with Crippen molar-refractivity contribution in [2.24, 2.45) is 0 Å². The summed E-state index contributed by atoms with van der Waals surface area (Å²) in [6.07, 6.45) is -0.756. The molecule has 0 radical (unpaired) electrons. The van der Waals surface area contributed by atoms with Crippen molar-refractivity contribution in [3.8, 4) is 0 Å². The van der Waals surface area contributed by atoms with Gasteiger partial charge < -0.3 is 10.1 Å². The Hall–Kier alpha value is -1.01. The van der Waals surface area contributed by atoms with E-state index in [9.17, 15) is 9.59 Å². The molecule has 1 aromatic carbocycles. The van der Waals surface area contributed by atoms with E-state index in [0.717, 1.165) is 15.8 Å². The Morgan fingerprint density at radius 2 is 1.90 bits per heavy atom. The number of carbonyl (C=O) groups is 2. The van der Waals surface area contributed by atoms with Gasteiger partial charge in [-0.15, -0.1) is 11.8 Å². The van der Waals surface area contributed by atoms with E-state index in [-0.39, 0.29) is 17.1 Å². The van der Waals surface area contributed by atoms with Gasteiger partial charge in [0, 0.05) is 16.8 Å². The third-order valence-electron chi connectivity index (χ3n) is 2.76.